The number of benzene rings is 1. The normalized spacial score (nSPS) is 14.2. The maximum absolute atomic E-state index is 11.9. The van der Waals surface area contributed by atoms with Crippen LogP contribution in [0.25, 0.3) is 0 Å². The van der Waals surface area contributed by atoms with Crippen molar-refractivity contribution in [1.29, 1.82) is 0 Å². The van der Waals surface area contributed by atoms with Gasteiger partial charge in [-0.25, -0.2) is 0 Å². The van der Waals surface area contributed by atoms with Gasteiger partial charge in [-0.15, -0.1) is 0 Å². The Bertz CT molecular complexity index is 418. The molecule has 1 amide bonds. The van der Waals surface area contributed by atoms with Crippen LogP contribution in [0.2, 0.25) is 0 Å². The van der Waals surface area contributed by atoms with Crippen molar-refractivity contribution in [3.8, 4) is 0 Å². The zero-order chi connectivity index (χ0) is 13.5. The van der Waals surface area contributed by atoms with Crippen molar-refractivity contribution in [2.24, 2.45) is 0 Å². The van der Waals surface area contributed by atoms with Crippen molar-refractivity contribution in [2.75, 3.05) is 23.9 Å². The fourth-order valence-electron chi connectivity index (χ4n) is 1.87. The first-order valence-corrected chi connectivity index (χ1v) is 8.32. The predicted octanol–water partition coefficient (Wildman–Crippen LogP) is 3.13. The van der Waals surface area contributed by atoms with Crippen LogP contribution in [0, 0.1) is 0 Å². The highest BCUT2D eigenvalue weighted by Gasteiger charge is 2.23. The number of carbonyl (C=O) groups is 1. The minimum absolute atomic E-state index is 0.0496. The molecule has 0 aromatic heterocycles. The predicted molar refractivity (Wildman–Crippen MR) is 83.0 cm³/mol. The van der Waals surface area contributed by atoms with Gasteiger partial charge in [-0.1, -0.05) is 6.07 Å². The van der Waals surface area contributed by atoms with Crippen LogP contribution >= 0.6 is 11.8 Å². The van der Waals surface area contributed by atoms with Gasteiger partial charge in [0.25, 0.3) is 5.91 Å². The maximum atomic E-state index is 11.9. The van der Waals surface area contributed by atoms with Gasteiger partial charge in [-0.2, -0.15) is 11.8 Å². The van der Waals surface area contributed by atoms with Crippen LogP contribution in [0.4, 0.5) is 5.69 Å². The summed E-state index contributed by atoms with van der Waals surface area (Å²) < 4.78 is 0. The lowest BCUT2D eigenvalue weighted by molar-refractivity contribution is 0.0951. The first-order chi connectivity index (χ1) is 9.29. The summed E-state index contributed by atoms with van der Waals surface area (Å²) in [6, 6.07) is 8.17. The first-order valence-electron chi connectivity index (χ1n) is 6.93. The third kappa shape index (κ3) is 5.15. The molecule has 0 atom stereocenters. The van der Waals surface area contributed by atoms with Crippen LogP contribution in [-0.2, 0) is 0 Å². The second-order valence-electron chi connectivity index (χ2n) is 4.96. The van der Waals surface area contributed by atoms with Crippen molar-refractivity contribution in [2.45, 2.75) is 31.7 Å². The number of amides is 1. The highest BCUT2D eigenvalue weighted by atomic mass is 32.2. The quantitative estimate of drug-likeness (QED) is 0.718. The summed E-state index contributed by atoms with van der Waals surface area (Å²) in [5.41, 5.74) is 1.79. The molecule has 0 radical (unpaired) electrons. The van der Waals surface area contributed by atoms with Gasteiger partial charge in [0.05, 0.1) is 0 Å². The number of anilines is 1. The molecule has 1 aliphatic carbocycles. The number of nitrogens with one attached hydrogen (secondary N) is 2. The van der Waals surface area contributed by atoms with E-state index in [-0.39, 0.29) is 5.91 Å². The molecule has 2 rings (SSSR count). The Morgan fingerprint density at radius 3 is 2.95 bits per heavy atom. The van der Waals surface area contributed by atoms with Crippen molar-refractivity contribution >= 4 is 23.4 Å². The average molecular weight is 278 g/mol. The summed E-state index contributed by atoms with van der Waals surface area (Å²) in [5.74, 6) is 1.26. The Morgan fingerprint density at radius 2 is 2.21 bits per heavy atom. The van der Waals surface area contributed by atoms with E-state index in [1.54, 1.807) is 0 Å². The number of unbranched alkanes of at least 4 members (excludes halogenated alkanes) is 1. The minimum atomic E-state index is 0.0496. The third-order valence-corrected chi connectivity index (χ3v) is 3.84. The summed E-state index contributed by atoms with van der Waals surface area (Å²) in [6.45, 7) is 0.967. The third-order valence-electron chi connectivity index (χ3n) is 3.14. The van der Waals surface area contributed by atoms with Gasteiger partial charge < -0.3 is 10.6 Å². The number of hydrogen-bond donors (Lipinski definition) is 2. The van der Waals surface area contributed by atoms with Crippen LogP contribution in [0.15, 0.2) is 24.3 Å². The molecule has 0 saturated heterocycles. The lowest BCUT2D eigenvalue weighted by Crippen LogP contribution is -2.25. The molecule has 1 saturated carbocycles. The summed E-state index contributed by atoms with van der Waals surface area (Å²) in [6.07, 6.45) is 6.78. The molecule has 2 N–H and O–H groups in total. The topological polar surface area (TPSA) is 41.1 Å². The van der Waals surface area contributed by atoms with E-state index in [1.165, 1.54) is 18.6 Å². The molecule has 0 aliphatic heterocycles. The van der Waals surface area contributed by atoms with E-state index in [4.69, 9.17) is 0 Å². The molecule has 0 unspecified atom stereocenters. The molecule has 1 aromatic carbocycles. The molecule has 0 heterocycles. The van der Waals surface area contributed by atoms with E-state index in [1.807, 2.05) is 36.0 Å². The van der Waals surface area contributed by atoms with E-state index in [0.29, 0.717) is 6.04 Å². The summed E-state index contributed by atoms with van der Waals surface area (Å²) >= 11 is 1.89. The van der Waals surface area contributed by atoms with Gasteiger partial charge in [-0.3, -0.25) is 4.79 Å². The Morgan fingerprint density at radius 1 is 1.37 bits per heavy atom. The van der Waals surface area contributed by atoms with Gasteiger partial charge in [0.1, 0.15) is 0 Å². The number of carbonyl (C=O) groups excluding carboxylic acids is 1. The zero-order valence-corrected chi connectivity index (χ0v) is 12.3. The molecule has 0 spiro atoms. The van der Waals surface area contributed by atoms with Gasteiger partial charge in [0.15, 0.2) is 0 Å². The number of rotatable bonds is 8. The lowest BCUT2D eigenvalue weighted by atomic mass is 10.2. The lowest BCUT2D eigenvalue weighted by Gasteiger charge is -2.08. The first kappa shape index (κ1) is 14.3. The Hall–Kier alpha value is -1.16. The van der Waals surface area contributed by atoms with Crippen LogP contribution in [0.3, 0.4) is 0 Å². The number of thioether (sulfide) groups is 1. The van der Waals surface area contributed by atoms with E-state index in [0.717, 1.165) is 30.6 Å². The molecule has 0 bridgehead atoms. The highest BCUT2D eigenvalue weighted by Crippen LogP contribution is 2.20. The smallest absolute Gasteiger partial charge is 0.251 e. The van der Waals surface area contributed by atoms with Crippen LogP contribution in [0.1, 0.15) is 36.0 Å². The zero-order valence-electron chi connectivity index (χ0n) is 11.4. The second-order valence-corrected chi connectivity index (χ2v) is 5.94. The molecule has 1 fully saturated rings. The SMILES string of the molecule is CSCCCCNc1cccc(C(=O)NC2CC2)c1. The minimum Gasteiger partial charge on any atom is -0.385 e. The largest absolute Gasteiger partial charge is 0.385 e. The fourth-order valence-corrected chi connectivity index (χ4v) is 2.36. The monoisotopic (exact) mass is 278 g/mol. The van der Waals surface area contributed by atoms with Crippen molar-refractivity contribution < 1.29 is 4.79 Å². The van der Waals surface area contributed by atoms with Gasteiger partial charge >= 0.3 is 0 Å². The molecular formula is C15H22N2OS. The van der Waals surface area contributed by atoms with Crippen molar-refractivity contribution in [3.05, 3.63) is 29.8 Å². The Kier molecular flexibility index (Phi) is 5.58. The Balaban J connectivity index is 1.78. The molecule has 1 aromatic rings. The molecule has 4 heteroatoms. The van der Waals surface area contributed by atoms with E-state index < -0.39 is 0 Å². The van der Waals surface area contributed by atoms with Crippen molar-refractivity contribution in [3.63, 3.8) is 0 Å². The van der Waals surface area contributed by atoms with Gasteiger partial charge in [0, 0.05) is 23.8 Å². The molecule has 104 valence electrons. The summed E-state index contributed by atoms with van der Waals surface area (Å²) in [7, 11) is 0. The second kappa shape index (κ2) is 7.43. The maximum Gasteiger partial charge on any atom is 0.251 e. The molecular weight excluding hydrogens is 256 g/mol. The molecule has 1 aliphatic rings. The van der Waals surface area contributed by atoms with Crippen LogP contribution in [0.5, 0.6) is 0 Å². The summed E-state index contributed by atoms with van der Waals surface area (Å²) in [5, 5.41) is 6.39. The van der Waals surface area contributed by atoms with Gasteiger partial charge in [-0.05, 0) is 55.9 Å². The molecule has 3 nitrogen and oxygen atoms in total. The van der Waals surface area contributed by atoms with Crippen molar-refractivity contribution in [1.82, 2.24) is 5.32 Å². The molecule has 19 heavy (non-hydrogen) atoms. The number of hydrogen-bond acceptors (Lipinski definition) is 3. The van der Waals surface area contributed by atoms with Crippen LogP contribution < -0.4 is 10.6 Å². The Labute approximate surface area is 119 Å². The van der Waals surface area contributed by atoms with E-state index in [2.05, 4.69) is 16.9 Å². The highest BCUT2D eigenvalue weighted by molar-refractivity contribution is 7.98. The standard InChI is InChI=1S/C15H22N2OS/c1-19-10-3-2-9-16-14-6-4-5-12(11-14)15(18)17-13-7-8-13/h4-6,11,13,16H,2-3,7-10H2,1H3,(H,17,18). The van der Waals surface area contributed by atoms with E-state index >= 15 is 0 Å². The summed E-state index contributed by atoms with van der Waals surface area (Å²) in [4.78, 5) is 11.9. The van der Waals surface area contributed by atoms with Gasteiger partial charge in [0.2, 0.25) is 0 Å². The van der Waals surface area contributed by atoms with Crippen LogP contribution in [-0.4, -0.2) is 30.5 Å². The fraction of sp³-hybridized carbons (Fsp3) is 0.533. The average Bonchev–Trinajstić information content (AvgIpc) is 3.23. The van der Waals surface area contributed by atoms with E-state index in [9.17, 15) is 4.79 Å².